The van der Waals surface area contributed by atoms with Gasteiger partial charge in [0, 0.05) is 23.0 Å². The highest BCUT2D eigenvalue weighted by Gasteiger charge is 2.41. The largest absolute Gasteiger partial charge is 0.470 e. The molecule has 1 aromatic heterocycles. The summed E-state index contributed by atoms with van der Waals surface area (Å²) in [4.78, 5) is 0. The minimum absolute atomic E-state index is 0.00975. The fraction of sp³-hybridized carbons (Fsp3) is 0.552. The Balaban J connectivity index is 1.86. The molecule has 3 aliphatic carbocycles. The average molecular weight is 959 g/mol. The Morgan fingerprint density at radius 1 is 0.859 bits per heavy atom. The lowest BCUT2D eigenvalue weighted by Gasteiger charge is -2.46. The van der Waals surface area contributed by atoms with E-state index in [2.05, 4.69) is 234 Å². The molecule has 2 bridgehead atoms. The van der Waals surface area contributed by atoms with Gasteiger partial charge in [0.2, 0.25) is 0 Å². The number of allylic oxidation sites excluding steroid dienone is 14. The molecule has 2 saturated carbocycles. The summed E-state index contributed by atoms with van der Waals surface area (Å²) in [6.07, 6.45) is 35.4. The van der Waals surface area contributed by atoms with E-state index in [1.807, 2.05) is 6.08 Å². The van der Waals surface area contributed by atoms with Crippen LogP contribution in [0.25, 0.3) is 11.0 Å². The molecule has 4 heteroatoms. The molecule has 0 radical (unpaired) electrons. The van der Waals surface area contributed by atoms with Crippen LogP contribution < -0.4 is 16.3 Å². The van der Waals surface area contributed by atoms with E-state index < -0.39 is 0 Å². The van der Waals surface area contributed by atoms with Crippen molar-refractivity contribution in [3.63, 3.8) is 0 Å². The van der Waals surface area contributed by atoms with E-state index in [4.69, 9.17) is 11.0 Å². The molecule has 0 aliphatic heterocycles. The molecule has 2 fully saturated rings. The van der Waals surface area contributed by atoms with E-state index in [1.165, 1.54) is 66.4 Å². The number of rotatable bonds is 18. The van der Waals surface area contributed by atoms with Gasteiger partial charge in [-0.2, -0.15) is 0 Å². The van der Waals surface area contributed by atoms with Crippen LogP contribution in [-0.4, -0.2) is 6.71 Å². The molecule has 0 saturated heterocycles. The van der Waals surface area contributed by atoms with Crippen molar-refractivity contribution in [2.45, 2.75) is 193 Å². The Labute approximate surface area is 436 Å². The van der Waals surface area contributed by atoms with Gasteiger partial charge in [0.1, 0.15) is 5.58 Å². The molecule has 3 nitrogen and oxygen atoms in total. The van der Waals surface area contributed by atoms with E-state index in [9.17, 15) is 0 Å². The number of benzene rings is 1. The maximum absolute atomic E-state index is 7.27. The third kappa shape index (κ3) is 14.6. The molecule has 3 atom stereocenters. The van der Waals surface area contributed by atoms with Crippen molar-refractivity contribution in [1.29, 1.82) is 0 Å². The molecule has 1 aromatic carbocycles. The zero-order valence-corrected chi connectivity index (χ0v) is 48.4. The summed E-state index contributed by atoms with van der Waals surface area (Å²) in [7, 11) is 0. The topological polar surface area (TPSA) is 37.2 Å². The minimum Gasteiger partial charge on any atom is -0.470 e. The number of furan rings is 1. The molecule has 3 aliphatic rings. The van der Waals surface area contributed by atoms with Crippen molar-refractivity contribution in [3.05, 3.63) is 161 Å². The minimum atomic E-state index is -0.278. The van der Waals surface area contributed by atoms with Gasteiger partial charge in [0.15, 0.2) is 0 Å². The molecular weight excluding hydrogens is 860 g/mol. The third-order valence-electron chi connectivity index (χ3n) is 16.5. The maximum atomic E-state index is 7.27. The number of nitrogens with one attached hydrogen (secondary N) is 2. The molecule has 3 unspecified atom stereocenters. The van der Waals surface area contributed by atoms with Crippen LogP contribution in [0, 0.1) is 45.3 Å². The lowest BCUT2D eigenvalue weighted by Crippen LogP contribution is -2.36. The quantitative estimate of drug-likeness (QED) is 0.0888. The normalized spacial score (nSPS) is 23.3. The summed E-state index contributed by atoms with van der Waals surface area (Å²) in [6.45, 7) is 55.0. The molecule has 2 aromatic rings. The van der Waals surface area contributed by atoms with Gasteiger partial charge in [-0.15, -0.1) is 12.6 Å². The molecule has 386 valence electrons. The van der Waals surface area contributed by atoms with Gasteiger partial charge in [-0.1, -0.05) is 180 Å². The summed E-state index contributed by atoms with van der Waals surface area (Å²) in [5.74, 6) is 4.55. The highest BCUT2D eigenvalue weighted by Crippen LogP contribution is 2.52. The second-order valence-electron chi connectivity index (χ2n) is 27.1. The molecule has 2 N–H and O–H groups in total. The van der Waals surface area contributed by atoms with Gasteiger partial charge in [-0.25, -0.2) is 0 Å². The summed E-state index contributed by atoms with van der Waals surface area (Å²) < 4.78 is 7.27. The van der Waals surface area contributed by atoms with Crippen molar-refractivity contribution in [2.24, 2.45) is 45.3 Å². The predicted molar refractivity (Wildman–Crippen MR) is 315 cm³/mol. The van der Waals surface area contributed by atoms with E-state index in [-0.39, 0.29) is 39.2 Å². The summed E-state index contributed by atoms with van der Waals surface area (Å²) in [5, 5.41) is 9.00. The Bertz CT molecular complexity index is 2430. The van der Waals surface area contributed by atoms with Crippen LogP contribution in [0.5, 0.6) is 0 Å². The third-order valence-corrected chi connectivity index (χ3v) is 16.5. The van der Waals surface area contributed by atoms with E-state index in [1.54, 1.807) is 0 Å². The highest BCUT2D eigenvalue weighted by molar-refractivity contribution is 6.84. The number of hydrogen-bond donors (Lipinski definition) is 2. The molecule has 5 rings (SSSR count). The average Bonchev–Trinajstić information content (AvgIpc) is 3.68. The molecule has 0 spiro atoms. The first-order chi connectivity index (χ1) is 32.9. The Kier molecular flexibility index (Phi) is 18.4. The first kappa shape index (κ1) is 57.5. The summed E-state index contributed by atoms with van der Waals surface area (Å²) in [6, 6.07) is 7.13. The van der Waals surface area contributed by atoms with E-state index in [0.717, 1.165) is 70.2 Å². The fourth-order valence-electron chi connectivity index (χ4n) is 11.8. The van der Waals surface area contributed by atoms with Gasteiger partial charge in [0.25, 0.3) is 6.71 Å². The predicted octanol–water partition coefficient (Wildman–Crippen LogP) is 18.6. The SMILES string of the molecule is C=C/C(N/C=C(B(/C=C/CC(C=C)C(C)(C)C)c1cc2cc3c(cc2o1)C(C)(C)CCC3(C)C)/C(=C\C(=C)C1(C)CC2CCCC(C2)C1)N/C=C/C(=C(\C=C\C)C(C)C)C(C)(C)C)=C(C)\C=C\C(C)(C)C. The Hall–Kier alpha value is -4.44. The van der Waals surface area contributed by atoms with Gasteiger partial charge in [-0.05, 0) is 190 Å². The highest BCUT2D eigenvalue weighted by atomic mass is 16.3. The van der Waals surface area contributed by atoms with Gasteiger partial charge in [-0.3, -0.25) is 0 Å². The Morgan fingerprint density at radius 3 is 2.01 bits per heavy atom. The fourth-order valence-corrected chi connectivity index (χ4v) is 11.8. The van der Waals surface area contributed by atoms with Crippen LogP contribution in [0.2, 0.25) is 0 Å². The lowest BCUT2D eigenvalue weighted by atomic mass is 9.41. The monoisotopic (exact) mass is 959 g/mol. The summed E-state index contributed by atoms with van der Waals surface area (Å²) >= 11 is 0. The zero-order valence-electron chi connectivity index (χ0n) is 48.4. The van der Waals surface area contributed by atoms with Crippen molar-refractivity contribution in [3.8, 4) is 0 Å². The molecule has 71 heavy (non-hydrogen) atoms. The van der Waals surface area contributed by atoms with Crippen molar-refractivity contribution in [1.82, 2.24) is 10.6 Å². The van der Waals surface area contributed by atoms with Gasteiger partial charge >= 0.3 is 0 Å². The van der Waals surface area contributed by atoms with Crippen LogP contribution >= 0.6 is 0 Å². The molecule has 0 amide bonds. The van der Waals surface area contributed by atoms with Crippen LogP contribution in [0.15, 0.2) is 155 Å². The molecule has 1 heterocycles. The van der Waals surface area contributed by atoms with Crippen molar-refractivity contribution < 1.29 is 4.42 Å². The smallest absolute Gasteiger partial charge is 0.283 e. The van der Waals surface area contributed by atoms with E-state index >= 15 is 0 Å². The number of hydrogen-bond acceptors (Lipinski definition) is 3. The number of fused-ring (bicyclic) bond motifs is 4. The van der Waals surface area contributed by atoms with Crippen LogP contribution in [-0.2, 0) is 10.8 Å². The lowest BCUT2D eigenvalue weighted by molar-refractivity contribution is 0.0968. The second kappa shape index (κ2) is 22.8. The maximum Gasteiger partial charge on any atom is 0.283 e. The van der Waals surface area contributed by atoms with Gasteiger partial charge in [0.05, 0.1) is 5.66 Å². The standard InChI is InChI=1S/C67H99BN2O/c1-22-27-53(46(4)5)54(64(14,15)16)32-37-69-59(38-48(7)67(21)43-49-28-25-29-50(39-49)44-67)57(45-70-58(24-3)47(6)31-33-62(8,9)10)68(36-26-30-52(23-2)63(11,12)13)61-41-51-40-55-56(42-60(51)71-61)66(19,20)35-34-65(55,17)18/h22-24,26-27,31-33,36-38,40-42,45-46,49-50,52,69-70H,2-3,7,25,28-30,34-35,39,43-44H2,1,4-6,8-21H3/b27-22+,33-31+,36-26+,37-32+,54-53-,57-45-,58-47+,59-38+. The van der Waals surface area contributed by atoms with Crippen LogP contribution in [0.4, 0.5) is 0 Å². The first-order valence-electron chi connectivity index (χ1n) is 27.5. The van der Waals surface area contributed by atoms with Gasteiger partial charge < -0.3 is 15.1 Å². The van der Waals surface area contributed by atoms with Crippen molar-refractivity contribution in [2.75, 3.05) is 0 Å². The van der Waals surface area contributed by atoms with Crippen molar-refractivity contribution >= 4 is 23.3 Å². The molecular formula is C67H99BN2O. The van der Waals surface area contributed by atoms with Crippen LogP contribution in [0.1, 0.15) is 194 Å². The summed E-state index contributed by atoms with van der Waals surface area (Å²) in [5.41, 5.74) is 12.8. The first-order valence-corrected chi connectivity index (χ1v) is 27.5. The zero-order chi connectivity index (χ0) is 52.9. The van der Waals surface area contributed by atoms with Crippen LogP contribution in [0.3, 0.4) is 0 Å². The second-order valence-corrected chi connectivity index (χ2v) is 27.1. The Morgan fingerprint density at radius 2 is 1.48 bits per heavy atom. The van der Waals surface area contributed by atoms with E-state index in [0.29, 0.717) is 11.8 Å².